The molecule has 0 bridgehead atoms. The lowest BCUT2D eigenvalue weighted by atomic mass is 10.7. The standard InChI is InChI=1S/C4H2N2O/c5-2-1-3-6-4-7/h1,3H. The van der Waals surface area contributed by atoms with Crippen molar-refractivity contribution in [3.05, 3.63) is 12.3 Å². The Bertz CT molecular complexity index is 148. The second kappa shape index (κ2) is 4.61. The monoisotopic (exact) mass is 94.0 g/mol. The number of aliphatic imine (C=N–C) groups is 1. The number of rotatable bonds is 1. The van der Waals surface area contributed by atoms with Gasteiger partial charge in [-0.1, -0.05) is 0 Å². The summed E-state index contributed by atoms with van der Waals surface area (Å²) in [6.45, 7) is 0. The average Bonchev–Trinajstić information content (AvgIpc) is 1.69. The highest BCUT2D eigenvalue weighted by Gasteiger charge is 1.55. The Balaban J connectivity index is 3.54. The van der Waals surface area contributed by atoms with Crippen LogP contribution in [0.25, 0.3) is 0 Å². The predicted molar refractivity (Wildman–Crippen MR) is 22.9 cm³/mol. The van der Waals surface area contributed by atoms with E-state index in [-0.39, 0.29) is 0 Å². The molecule has 0 unspecified atom stereocenters. The van der Waals surface area contributed by atoms with Gasteiger partial charge in [0, 0.05) is 6.08 Å². The molecule has 0 aliphatic heterocycles. The molecule has 0 spiro atoms. The number of allylic oxidation sites excluding steroid dienone is 1. The molecule has 7 heavy (non-hydrogen) atoms. The molecule has 0 saturated heterocycles. The van der Waals surface area contributed by atoms with Gasteiger partial charge in [0.1, 0.15) is 0 Å². The Kier molecular flexibility index (Phi) is 3.69. The van der Waals surface area contributed by atoms with E-state index in [1.54, 1.807) is 6.07 Å². The molecule has 0 saturated carbocycles. The summed E-state index contributed by atoms with van der Waals surface area (Å²) >= 11 is 0. The SMILES string of the molecule is N#CC=CN=C=O. The van der Waals surface area contributed by atoms with Crippen molar-refractivity contribution in [2.45, 2.75) is 0 Å². The number of hydrogen-bond acceptors (Lipinski definition) is 3. The minimum atomic E-state index is 1.08. The third kappa shape index (κ3) is 4.61. The van der Waals surface area contributed by atoms with E-state index >= 15 is 0 Å². The minimum Gasteiger partial charge on any atom is -0.211 e. The first-order chi connectivity index (χ1) is 3.41. The average molecular weight is 94.1 g/mol. The topological polar surface area (TPSA) is 53.2 Å². The van der Waals surface area contributed by atoms with Crippen molar-refractivity contribution < 1.29 is 4.79 Å². The van der Waals surface area contributed by atoms with Gasteiger partial charge in [-0.15, -0.1) is 0 Å². The van der Waals surface area contributed by atoms with Crippen LogP contribution in [0.5, 0.6) is 0 Å². The van der Waals surface area contributed by atoms with E-state index in [0.29, 0.717) is 0 Å². The zero-order valence-corrected chi connectivity index (χ0v) is 3.46. The van der Waals surface area contributed by atoms with E-state index in [9.17, 15) is 4.79 Å². The summed E-state index contributed by atoms with van der Waals surface area (Å²) in [7, 11) is 0. The summed E-state index contributed by atoms with van der Waals surface area (Å²) in [6, 6.07) is 1.65. The van der Waals surface area contributed by atoms with Crippen molar-refractivity contribution in [1.82, 2.24) is 0 Å². The molecule has 0 aliphatic rings. The number of nitriles is 1. The first-order valence-electron chi connectivity index (χ1n) is 1.53. The Morgan fingerprint density at radius 2 is 2.43 bits per heavy atom. The highest BCUT2D eigenvalue weighted by Crippen LogP contribution is 1.65. The van der Waals surface area contributed by atoms with Gasteiger partial charge >= 0.3 is 0 Å². The first kappa shape index (κ1) is 5.61. The van der Waals surface area contributed by atoms with Crippen LogP contribution < -0.4 is 0 Å². The van der Waals surface area contributed by atoms with Gasteiger partial charge < -0.3 is 0 Å². The smallest absolute Gasteiger partial charge is 0.211 e. The number of carbonyl (C=O) groups excluding carboxylic acids is 1. The lowest BCUT2D eigenvalue weighted by Crippen LogP contribution is -1.45. The largest absolute Gasteiger partial charge is 0.239 e. The predicted octanol–water partition coefficient (Wildman–Crippen LogP) is 0.359. The van der Waals surface area contributed by atoms with Crippen LogP contribution >= 0.6 is 0 Å². The van der Waals surface area contributed by atoms with Gasteiger partial charge in [-0.2, -0.15) is 10.3 Å². The maximum atomic E-state index is 9.23. The summed E-state index contributed by atoms with van der Waals surface area (Å²) in [5, 5.41) is 7.77. The van der Waals surface area contributed by atoms with Crippen molar-refractivity contribution in [1.29, 1.82) is 5.26 Å². The summed E-state index contributed by atoms with van der Waals surface area (Å²) in [4.78, 5) is 12.2. The van der Waals surface area contributed by atoms with Gasteiger partial charge in [0.05, 0.1) is 12.3 Å². The van der Waals surface area contributed by atoms with Crippen molar-refractivity contribution in [2.75, 3.05) is 0 Å². The second-order valence-electron chi connectivity index (χ2n) is 0.665. The third-order valence-electron chi connectivity index (χ3n) is 0.276. The van der Waals surface area contributed by atoms with Gasteiger partial charge in [0.25, 0.3) is 0 Å². The van der Waals surface area contributed by atoms with E-state index in [4.69, 9.17) is 5.26 Å². The molecule has 0 aromatic rings. The molecule has 0 rings (SSSR count). The molecular weight excluding hydrogens is 92.1 g/mol. The first-order valence-corrected chi connectivity index (χ1v) is 1.53. The molecule has 0 fully saturated rings. The van der Waals surface area contributed by atoms with Crippen LogP contribution in [-0.2, 0) is 4.79 Å². The highest BCUT2D eigenvalue weighted by molar-refractivity contribution is 5.34. The van der Waals surface area contributed by atoms with Crippen LogP contribution in [0.2, 0.25) is 0 Å². The van der Waals surface area contributed by atoms with Crippen LogP contribution in [0.15, 0.2) is 17.3 Å². The Morgan fingerprint density at radius 1 is 1.71 bits per heavy atom. The highest BCUT2D eigenvalue weighted by atomic mass is 16.1. The molecule has 0 radical (unpaired) electrons. The minimum absolute atomic E-state index is 1.08. The molecule has 0 aliphatic carbocycles. The summed E-state index contributed by atoms with van der Waals surface area (Å²) in [5.41, 5.74) is 0. The van der Waals surface area contributed by atoms with E-state index in [1.165, 1.54) is 6.08 Å². The molecule has 0 aromatic carbocycles. The molecular formula is C4H2N2O. The van der Waals surface area contributed by atoms with E-state index < -0.39 is 0 Å². The van der Waals surface area contributed by atoms with Gasteiger partial charge in [0.15, 0.2) is 0 Å². The molecule has 0 aromatic heterocycles. The van der Waals surface area contributed by atoms with Crippen LogP contribution in [-0.4, -0.2) is 6.08 Å². The number of hydrogen-bond donors (Lipinski definition) is 0. The van der Waals surface area contributed by atoms with Gasteiger partial charge in [0.2, 0.25) is 6.08 Å². The maximum absolute atomic E-state index is 9.23. The molecule has 34 valence electrons. The summed E-state index contributed by atoms with van der Waals surface area (Å²) < 4.78 is 0. The van der Waals surface area contributed by atoms with Crippen LogP contribution in [0, 0.1) is 11.3 Å². The lowest BCUT2D eigenvalue weighted by molar-refractivity contribution is 0.565. The molecule has 0 heterocycles. The zero-order valence-electron chi connectivity index (χ0n) is 3.46. The fourth-order valence-corrected chi connectivity index (χ4v) is 0.101. The zero-order chi connectivity index (χ0) is 5.54. The van der Waals surface area contributed by atoms with Crippen molar-refractivity contribution in [3.63, 3.8) is 0 Å². The number of nitrogens with zero attached hydrogens (tertiary/aromatic N) is 2. The Hall–Kier alpha value is -1.39. The fraction of sp³-hybridized carbons (Fsp3) is 0. The number of isocyanates is 1. The molecule has 0 N–H and O–H groups in total. The van der Waals surface area contributed by atoms with E-state index in [2.05, 4.69) is 4.99 Å². The van der Waals surface area contributed by atoms with Crippen molar-refractivity contribution in [3.8, 4) is 6.07 Å². The third-order valence-corrected chi connectivity index (χ3v) is 0.276. The van der Waals surface area contributed by atoms with Gasteiger partial charge in [-0.05, 0) is 0 Å². The molecule has 3 heteroatoms. The van der Waals surface area contributed by atoms with E-state index in [0.717, 1.165) is 12.3 Å². The quantitative estimate of drug-likeness (QED) is 0.267. The fourth-order valence-electron chi connectivity index (χ4n) is 0.101. The Labute approximate surface area is 40.6 Å². The van der Waals surface area contributed by atoms with Crippen LogP contribution in [0.3, 0.4) is 0 Å². The van der Waals surface area contributed by atoms with E-state index in [1.807, 2.05) is 0 Å². The van der Waals surface area contributed by atoms with Crippen molar-refractivity contribution >= 4 is 6.08 Å². The Morgan fingerprint density at radius 3 is 2.86 bits per heavy atom. The maximum Gasteiger partial charge on any atom is 0.239 e. The molecule has 3 nitrogen and oxygen atoms in total. The normalized spacial score (nSPS) is 7.29. The summed E-state index contributed by atoms with van der Waals surface area (Å²) in [5.74, 6) is 0. The summed E-state index contributed by atoms with van der Waals surface area (Å²) in [6.07, 6.45) is 3.40. The van der Waals surface area contributed by atoms with Crippen LogP contribution in [0.4, 0.5) is 0 Å². The molecule has 0 amide bonds. The van der Waals surface area contributed by atoms with Crippen LogP contribution in [0.1, 0.15) is 0 Å². The second-order valence-corrected chi connectivity index (χ2v) is 0.665. The van der Waals surface area contributed by atoms with Gasteiger partial charge in [-0.25, -0.2) is 4.79 Å². The van der Waals surface area contributed by atoms with Crippen molar-refractivity contribution in [2.24, 2.45) is 4.99 Å². The lowest BCUT2D eigenvalue weighted by Gasteiger charge is -1.54. The molecule has 0 atom stereocenters. The van der Waals surface area contributed by atoms with Gasteiger partial charge in [-0.3, -0.25) is 0 Å².